The van der Waals surface area contributed by atoms with Crippen LogP contribution in [0.25, 0.3) is 0 Å². The van der Waals surface area contributed by atoms with Crippen LogP contribution in [0.3, 0.4) is 0 Å². The van der Waals surface area contributed by atoms with Gasteiger partial charge in [-0.2, -0.15) is 4.72 Å². The third-order valence-electron chi connectivity index (χ3n) is 3.61. The zero-order chi connectivity index (χ0) is 18.0. The van der Waals surface area contributed by atoms with Crippen molar-refractivity contribution in [3.8, 4) is 0 Å². The lowest BCUT2D eigenvalue weighted by Gasteiger charge is -2.22. The Morgan fingerprint density at radius 2 is 1.33 bits per heavy atom. The van der Waals surface area contributed by atoms with Crippen molar-refractivity contribution in [1.82, 2.24) is 4.72 Å². The molecule has 2 aromatic rings. The number of hydrogen-bond donors (Lipinski definition) is 1. The Balaban J connectivity index is 2.41. The van der Waals surface area contributed by atoms with Gasteiger partial charge in [0.15, 0.2) is 9.84 Å². The third kappa shape index (κ3) is 4.03. The summed E-state index contributed by atoms with van der Waals surface area (Å²) >= 11 is 0. The Kier molecular flexibility index (Phi) is 5.47. The molecule has 0 radical (unpaired) electrons. The van der Waals surface area contributed by atoms with Crippen molar-refractivity contribution in [3.05, 3.63) is 60.2 Å². The van der Waals surface area contributed by atoms with E-state index in [2.05, 4.69) is 4.72 Å². The molecule has 0 amide bonds. The number of hydrogen-bond acceptors (Lipinski definition) is 4. The molecule has 130 valence electrons. The SMILES string of the molecule is Cc1ccc(S(=O)(=O)NC(C(C)C)S(=O)(=O)c2ccccc2)cc1. The van der Waals surface area contributed by atoms with Crippen LogP contribution in [0.4, 0.5) is 0 Å². The minimum atomic E-state index is -3.94. The quantitative estimate of drug-likeness (QED) is 0.851. The highest BCUT2D eigenvalue weighted by molar-refractivity contribution is 7.94. The topological polar surface area (TPSA) is 80.3 Å². The van der Waals surface area contributed by atoms with E-state index in [1.165, 1.54) is 24.3 Å². The molecule has 0 aliphatic carbocycles. The molecule has 7 heteroatoms. The molecule has 5 nitrogen and oxygen atoms in total. The summed E-state index contributed by atoms with van der Waals surface area (Å²) in [5.41, 5.74) is 0.922. The minimum absolute atomic E-state index is 0.0435. The second-order valence-corrected chi connectivity index (χ2v) is 9.74. The number of sulfone groups is 1. The monoisotopic (exact) mass is 367 g/mol. The van der Waals surface area contributed by atoms with Crippen molar-refractivity contribution in [2.24, 2.45) is 5.92 Å². The summed E-state index contributed by atoms with van der Waals surface area (Å²) in [6, 6.07) is 14.1. The molecule has 2 rings (SSSR count). The van der Waals surface area contributed by atoms with Crippen molar-refractivity contribution in [2.45, 2.75) is 35.9 Å². The predicted octanol–water partition coefficient (Wildman–Crippen LogP) is 2.73. The van der Waals surface area contributed by atoms with Gasteiger partial charge in [0.1, 0.15) is 5.37 Å². The summed E-state index contributed by atoms with van der Waals surface area (Å²) in [7, 11) is -7.78. The normalized spacial score (nSPS) is 13.8. The lowest BCUT2D eigenvalue weighted by molar-refractivity contribution is 0.502. The van der Waals surface area contributed by atoms with Gasteiger partial charge in [-0.3, -0.25) is 0 Å². The van der Waals surface area contributed by atoms with Gasteiger partial charge in [0.25, 0.3) is 0 Å². The van der Waals surface area contributed by atoms with Crippen LogP contribution < -0.4 is 4.72 Å². The largest absolute Gasteiger partial charge is 0.241 e. The van der Waals surface area contributed by atoms with Gasteiger partial charge in [-0.15, -0.1) is 0 Å². The Morgan fingerprint density at radius 1 is 0.792 bits per heavy atom. The van der Waals surface area contributed by atoms with E-state index < -0.39 is 31.2 Å². The number of rotatable bonds is 6. The molecule has 1 unspecified atom stereocenters. The number of nitrogens with one attached hydrogen (secondary N) is 1. The Morgan fingerprint density at radius 3 is 1.83 bits per heavy atom. The van der Waals surface area contributed by atoms with Gasteiger partial charge in [0.2, 0.25) is 10.0 Å². The lowest BCUT2D eigenvalue weighted by Crippen LogP contribution is -2.44. The van der Waals surface area contributed by atoms with Gasteiger partial charge in [0.05, 0.1) is 9.79 Å². The molecular formula is C17H21NO4S2. The first kappa shape index (κ1) is 18.6. The molecule has 2 aromatic carbocycles. The van der Waals surface area contributed by atoms with Crippen LogP contribution in [0.15, 0.2) is 64.4 Å². The Bertz CT molecular complexity index is 887. The Hall–Kier alpha value is -1.70. The van der Waals surface area contributed by atoms with Crippen LogP contribution in [-0.2, 0) is 19.9 Å². The Labute approximate surface area is 143 Å². The van der Waals surface area contributed by atoms with Crippen molar-refractivity contribution < 1.29 is 16.8 Å². The predicted molar refractivity (Wildman–Crippen MR) is 93.8 cm³/mol. The first-order chi connectivity index (χ1) is 11.1. The fourth-order valence-electron chi connectivity index (χ4n) is 2.25. The van der Waals surface area contributed by atoms with E-state index in [0.717, 1.165) is 5.56 Å². The molecule has 1 atom stereocenters. The maximum atomic E-state index is 12.8. The van der Waals surface area contributed by atoms with Gasteiger partial charge in [-0.25, -0.2) is 16.8 Å². The number of benzene rings is 2. The van der Waals surface area contributed by atoms with Crippen LogP contribution in [0.5, 0.6) is 0 Å². The minimum Gasteiger partial charge on any atom is -0.222 e. The molecule has 1 N–H and O–H groups in total. The van der Waals surface area contributed by atoms with E-state index in [9.17, 15) is 16.8 Å². The van der Waals surface area contributed by atoms with Crippen LogP contribution in [0.2, 0.25) is 0 Å². The molecule has 0 spiro atoms. The highest BCUT2D eigenvalue weighted by Gasteiger charge is 2.34. The van der Waals surface area contributed by atoms with Crippen molar-refractivity contribution in [1.29, 1.82) is 0 Å². The van der Waals surface area contributed by atoms with Gasteiger partial charge < -0.3 is 0 Å². The molecule has 0 aliphatic rings. The maximum absolute atomic E-state index is 12.8. The third-order valence-corrected chi connectivity index (χ3v) is 7.48. The van der Waals surface area contributed by atoms with E-state index in [1.807, 2.05) is 6.92 Å². The van der Waals surface area contributed by atoms with Crippen molar-refractivity contribution in [3.63, 3.8) is 0 Å². The first-order valence-electron chi connectivity index (χ1n) is 7.52. The van der Waals surface area contributed by atoms with Crippen molar-refractivity contribution >= 4 is 19.9 Å². The average Bonchev–Trinajstić information content (AvgIpc) is 2.53. The maximum Gasteiger partial charge on any atom is 0.241 e. The van der Waals surface area contributed by atoms with E-state index >= 15 is 0 Å². The van der Waals surface area contributed by atoms with E-state index in [1.54, 1.807) is 44.2 Å². The zero-order valence-corrected chi connectivity index (χ0v) is 15.4. The molecule has 0 aromatic heterocycles. The molecule has 0 fully saturated rings. The number of sulfonamides is 1. The smallest absolute Gasteiger partial charge is 0.222 e. The van der Waals surface area contributed by atoms with Gasteiger partial charge >= 0.3 is 0 Å². The fraction of sp³-hybridized carbons (Fsp3) is 0.294. The number of aryl methyl sites for hydroxylation is 1. The lowest BCUT2D eigenvalue weighted by atomic mass is 10.2. The summed E-state index contributed by atoms with van der Waals surface area (Å²) in [5, 5.41) is -1.24. The first-order valence-corrected chi connectivity index (χ1v) is 10.6. The molecular weight excluding hydrogens is 346 g/mol. The average molecular weight is 367 g/mol. The molecule has 0 aliphatic heterocycles. The van der Waals surface area contributed by atoms with Crippen molar-refractivity contribution in [2.75, 3.05) is 0 Å². The van der Waals surface area contributed by atoms with E-state index in [0.29, 0.717) is 0 Å². The summed E-state index contributed by atoms with van der Waals surface area (Å²) in [5.74, 6) is -0.435. The fourth-order valence-corrected chi connectivity index (χ4v) is 5.89. The van der Waals surface area contributed by atoms with Crippen LogP contribution in [0, 0.1) is 12.8 Å². The summed E-state index contributed by atoms with van der Waals surface area (Å²) in [6.07, 6.45) is 0. The molecule has 24 heavy (non-hydrogen) atoms. The highest BCUT2D eigenvalue weighted by atomic mass is 32.2. The molecule has 0 saturated heterocycles. The van der Waals surface area contributed by atoms with Gasteiger partial charge in [0, 0.05) is 0 Å². The van der Waals surface area contributed by atoms with Gasteiger partial charge in [-0.1, -0.05) is 49.7 Å². The van der Waals surface area contributed by atoms with E-state index in [4.69, 9.17) is 0 Å². The zero-order valence-electron chi connectivity index (χ0n) is 13.8. The van der Waals surface area contributed by atoms with Crippen LogP contribution in [-0.4, -0.2) is 22.2 Å². The molecule has 0 heterocycles. The summed E-state index contributed by atoms with van der Waals surface area (Å²) < 4.78 is 53.1. The highest BCUT2D eigenvalue weighted by Crippen LogP contribution is 2.22. The van der Waals surface area contributed by atoms with Gasteiger partial charge in [-0.05, 0) is 37.1 Å². The molecule has 0 saturated carbocycles. The summed E-state index contributed by atoms with van der Waals surface area (Å²) in [6.45, 7) is 5.19. The second kappa shape index (κ2) is 7.04. The van der Waals surface area contributed by atoms with Crippen LogP contribution >= 0.6 is 0 Å². The van der Waals surface area contributed by atoms with E-state index in [-0.39, 0.29) is 9.79 Å². The van der Waals surface area contributed by atoms with Crippen LogP contribution in [0.1, 0.15) is 19.4 Å². The molecule has 0 bridgehead atoms. The summed E-state index contributed by atoms with van der Waals surface area (Å²) in [4.78, 5) is 0.136. The standard InChI is InChI=1S/C17H21NO4S2/c1-13(2)17(23(19,20)15-7-5-4-6-8-15)18-24(21,22)16-11-9-14(3)10-12-16/h4-13,17-18H,1-3H3. The second-order valence-electron chi connectivity index (χ2n) is 5.96.